The van der Waals surface area contributed by atoms with Crippen molar-refractivity contribution in [1.82, 2.24) is 0 Å². The molecule has 0 N–H and O–H groups in total. The van der Waals surface area contributed by atoms with E-state index in [1.807, 2.05) is 12.1 Å². The van der Waals surface area contributed by atoms with Gasteiger partial charge in [0.15, 0.2) is 0 Å². The van der Waals surface area contributed by atoms with Gasteiger partial charge in [0, 0.05) is 19.1 Å². The molecule has 1 heterocycles. The Morgan fingerprint density at radius 1 is 1.09 bits per heavy atom. The Morgan fingerprint density at radius 3 is 2.65 bits per heavy atom. The second-order valence-electron chi connectivity index (χ2n) is 5.62. The Hall–Kier alpha value is -2.33. The fourth-order valence-corrected chi connectivity index (χ4v) is 2.85. The van der Waals surface area contributed by atoms with E-state index in [0.29, 0.717) is 26.1 Å². The first-order valence-electron chi connectivity index (χ1n) is 7.65. The number of ether oxygens (including phenoxy) is 3. The molecule has 0 aliphatic carbocycles. The van der Waals surface area contributed by atoms with E-state index in [9.17, 15) is 4.79 Å². The van der Waals surface area contributed by atoms with E-state index in [4.69, 9.17) is 9.47 Å². The number of carbonyl (C=O) groups excluding carboxylic acids is 1. The lowest BCUT2D eigenvalue weighted by molar-refractivity contribution is -0.140. The summed E-state index contributed by atoms with van der Waals surface area (Å²) in [6.45, 7) is 1.16. The fourth-order valence-electron chi connectivity index (χ4n) is 2.85. The van der Waals surface area contributed by atoms with Crippen molar-refractivity contribution in [2.75, 3.05) is 14.2 Å². The van der Waals surface area contributed by atoms with Crippen LogP contribution < -0.4 is 4.74 Å². The number of rotatable bonds is 5. The molecule has 0 fully saturated rings. The van der Waals surface area contributed by atoms with Gasteiger partial charge in [-0.15, -0.1) is 0 Å². The minimum absolute atomic E-state index is 0.195. The highest BCUT2D eigenvalue weighted by Gasteiger charge is 2.18. The smallest absolute Gasteiger partial charge is 0.305 e. The van der Waals surface area contributed by atoms with Crippen LogP contribution in [0.1, 0.15) is 23.1 Å². The van der Waals surface area contributed by atoms with E-state index in [1.54, 1.807) is 7.11 Å². The van der Waals surface area contributed by atoms with Crippen molar-refractivity contribution >= 4 is 5.97 Å². The van der Waals surface area contributed by atoms with Crippen molar-refractivity contribution < 1.29 is 19.0 Å². The van der Waals surface area contributed by atoms with Gasteiger partial charge in [0.2, 0.25) is 0 Å². The summed E-state index contributed by atoms with van der Waals surface area (Å²) in [4.78, 5) is 11.3. The first-order valence-corrected chi connectivity index (χ1v) is 7.65. The summed E-state index contributed by atoms with van der Waals surface area (Å²) < 4.78 is 15.8. The summed E-state index contributed by atoms with van der Waals surface area (Å²) in [5.74, 6) is 0.680. The highest BCUT2D eigenvalue weighted by atomic mass is 16.5. The number of fused-ring (bicyclic) bond motifs is 3. The third-order valence-electron chi connectivity index (χ3n) is 4.05. The predicted octanol–water partition coefficient (Wildman–Crippen LogP) is 3.50. The van der Waals surface area contributed by atoms with E-state index >= 15 is 0 Å². The van der Waals surface area contributed by atoms with Gasteiger partial charge in [0.05, 0.1) is 13.7 Å². The van der Waals surface area contributed by atoms with Gasteiger partial charge in [-0.25, -0.2) is 0 Å². The van der Waals surface area contributed by atoms with Crippen molar-refractivity contribution in [3.63, 3.8) is 0 Å². The maximum absolute atomic E-state index is 11.3. The summed E-state index contributed by atoms with van der Waals surface area (Å²) in [5, 5.41) is 0. The topological polar surface area (TPSA) is 44.8 Å². The van der Waals surface area contributed by atoms with Gasteiger partial charge in [0.25, 0.3) is 0 Å². The Labute approximate surface area is 136 Å². The molecule has 23 heavy (non-hydrogen) atoms. The lowest BCUT2D eigenvalue weighted by Gasteiger charge is -2.22. The van der Waals surface area contributed by atoms with Crippen LogP contribution in [0.25, 0.3) is 11.1 Å². The molecule has 0 saturated heterocycles. The second kappa shape index (κ2) is 6.84. The summed E-state index contributed by atoms with van der Waals surface area (Å²) in [7, 11) is 3.11. The highest BCUT2D eigenvalue weighted by Crippen LogP contribution is 2.38. The van der Waals surface area contributed by atoms with Crippen LogP contribution in [-0.4, -0.2) is 20.2 Å². The van der Waals surface area contributed by atoms with Gasteiger partial charge in [0.1, 0.15) is 12.4 Å². The molecule has 3 rings (SSSR count). The predicted molar refractivity (Wildman–Crippen MR) is 87.3 cm³/mol. The molecule has 0 amide bonds. The summed E-state index contributed by atoms with van der Waals surface area (Å²) in [6, 6.07) is 12.5. The maximum Gasteiger partial charge on any atom is 0.305 e. The zero-order valence-electron chi connectivity index (χ0n) is 13.4. The molecule has 120 valence electrons. The summed E-state index contributed by atoms with van der Waals surface area (Å²) in [5.41, 5.74) is 5.69. The Bertz CT molecular complexity index is 721. The average molecular weight is 312 g/mol. The van der Waals surface area contributed by atoms with Crippen LogP contribution >= 0.6 is 0 Å². The molecule has 0 bridgehead atoms. The highest BCUT2D eigenvalue weighted by molar-refractivity contribution is 5.76. The SMILES string of the molecule is COCc1ccc2c(c1)COc1cc(CCC(=O)OC)ccc1-2. The summed E-state index contributed by atoms with van der Waals surface area (Å²) in [6.07, 6.45) is 1.04. The van der Waals surface area contributed by atoms with Crippen molar-refractivity contribution in [3.05, 3.63) is 53.1 Å². The molecule has 0 atom stereocenters. The van der Waals surface area contributed by atoms with Crippen LogP contribution in [0.4, 0.5) is 0 Å². The van der Waals surface area contributed by atoms with Crippen LogP contribution in [0.2, 0.25) is 0 Å². The molecule has 2 aromatic rings. The van der Waals surface area contributed by atoms with Gasteiger partial charge >= 0.3 is 5.97 Å². The Balaban J connectivity index is 1.84. The number of carbonyl (C=O) groups is 1. The molecule has 1 aliphatic rings. The molecule has 4 nitrogen and oxygen atoms in total. The number of methoxy groups -OCH3 is 2. The van der Waals surface area contributed by atoms with E-state index in [2.05, 4.69) is 29.0 Å². The van der Waals surface area contributed by atoms with Crippen molar-refractivity contribution in [1.29, 1.82) is 0 Å². The molecule has 0 unspecified atom stereocenters. The van der Waals surface area contributed by atoms with Crippen molar-refractivity contribution in [2.45, 2.75) is 26.1 Å². The quantitative estimate of drug-likeness (QED) is 0.793. The van der Waals surface area contributed by atoms with Gasteiger partial charge in [-0.2, -0.15) is 0 Å². The lowest BCUT2D eigenvalue weighted by atomic mass is 9.94. The number of aryl methyl sites for hydroxylation is 1. The van der Waals surface area contributed by atoms with Crippen LogP contribution in [0.15, 0.2) is 36.4 Å². The van der Waals surface area contributed by atoms with E-state index in [1.165, 1.54) is 18.2 Å². The average Bonchev–Trinajstić information content (AvgIpc) is 2.59. The molecule has 4 heteroatoms. The lowest BCUT2D eigenvalue weighted by Crippen LogP contribution is -2.07. The number of esters is 1. The Morgan fingerprint density at radius 2 is 1.87 bits per heavy atom. The third-order valence-corrected chi connectivity index (χ3v) is 4.05. The minimum atomic E-state index is -0.195. The van der Waals surface area contributed by atoms with Gasteiger partial charge < -0.3 is 14.2 Å². The van der Waals surface area contributed by atoms with Crippen LogP contribution in [0, 0.1) is 0 Å². The molecule has 0 saturated carbocycles. The molecule has 1 aliphatic heterocycles. The number of benzene rings is 2. The minimum Gasteiger partial charge on any atom is -0.488 e. The van der Waals surface area contributed by atoms with Gasteiger partial charge in [-0.1, -0.05) is 24.3 Å². The van der Waals surface area contributed by atoms with E-state index < -0.39 is 0 Å². The van der Waals surface area contributed by atoms with E-state index in [-0.39, 0.29) is 5.97 Å². The standard InChI is InChI=1S/C19H20O4/c1-21-11-14-4-6-16-15(9-14)12-23-18-10-13(3-7-17(16)18)5-8-19(20)22-2/h3-4,6-7,9-10H,5,8,11-12H2,1-2H3. The van der Waals surface area contributed by atoms with Gasteiger partial charge in [-0.05, 0) is 40.8 Å². The van der Waals surface area contributed by atoms with E-state index in [0.717, 1.165) is 22.4 Å². The molecule has 0 radical (unpaired) electrons. The second-order valence-corrected chi connectivity index (χ2v) is 5.62. The zero-order chi connectivity index (χ0) is 16.2. The zero-order valence-corrected chi connectivity index (χ0v) is 13.4. The molecular formula is C19H20O4. The molecule has 0 spiro atoms. The van der Waals surface area contributed by atoms with Crippen molar-refractivity contribution in [2.24, 2.45) is 0 Å². The Kier molecular flexibility index (Phi) is 4.63. The largest absolute Gasteiger partial charge is 0.488 e. The monoisotopic (exact) mass is 312 g/mol. The normalized spacial score (nSPS) is 12.1. The molecular weight excluding hydrogens is 292 g/mol. The third kappa shape index (κ3) is 3.37. The maximum atomic E-state index is 11.3. The van der Waals surface area contributed by atoms with Gasteiger partial charge in [-0.3, -0.25) is 4.79 Å². The first-order chi connectivity index (χ1) is 11.2. The van der Waals surface area contributed by atoms with Crippen LogP contribution in [0.5, 0.6) is 5.75 Å². The first kappa shape index (κ1) is 15.6. The van der Waals surface area contributed by atoms with Crippen LogP contribution in [0.3, 0.4) is 0 Å². The summed E-state index contributed by atoms with van der Waals surface area (Å²) >= 11 is 0. The molecule has 0 aromatic heterocycles. The number of hydrogen-bond donors (Lipinski definition) is 0. The molecule has 2 aromatic carbocycles. The number of hydrogen-bond acceptors (Lipinski definition) is 4. The van der Waals surface area contributed by atoms with Crippen molar-refractivity contribution in [3.8, 4) is 16.9 Å². The fraction of sp³-hybridized carbons (Fsp3) is 0.316. The van der Waals surface area contributed by atoms with Crippen LogP contribution in [-0.2, 0) is 33.9 Å².